The van der Waals surface area contributed by atoms with Crippen molar-refractivity contribution in [2.75, 3.05) is 7.05 Å². The first-order chi connectivity index (χ1) is 11.0. The van der Waals surface area contributed by atoms with Crippen LogP contribution in [0.2, 0.25) is 0 Å². The van der Waals surface area contributed by atoms with Crippen LogP contribution < -0.4 is 5.32 Å². The number of carbonyl (C=O) groups excluding carboxylic acids is 2. The smallest absolute Gasteiger partial charge is 0.251 e. The van der Waals surface area contributed by atoms with Crippen LogP contribution >= 0.6 is 0 Å². The summed E-state index contributed by atoms with van der Waals surface area (Å²) in [5, 5.41) is 2.97. The van der Waals surface area contributed by atoms with Gasteiger partial charge in [0.2, 0.25) is 5.91 Å². The maximum Gasteiger partial charge on any atom is 0.251 e. The molecule has 1 aliphatic rings. The van der Waals surface area contributed by atoms with Crippen LogP contribution in [0.25, 0.3) is 0 Å². The third kappa shape index (κ3) is 5.23. The van der Waals surface area contributed by atoms with Crippen molar-refractivity contribution in [1.29, 1.82) is 0 Å². The van der Waals surface area contributed by atoms with Gasteiger partial charge in [0.25, 0.3) is 5.91 Å². The van der Waals surface area contributed by atoms with Gasteiger partial charge < -0.3 is 10.2 Å². The van der Waals surface area contributed by atoms with Gasteiger partial charge in [0.15, 0.2) is 0 Å². The molecule has 1 aromatic rings. The number of amides is 2. The molecule has 0 saturated heterocycles. The number of likely N-dealkylation sites (N-methyl/N-ethyl adjacent to an activating group) is 1. The lowest BCUT2D eigenvalue weighted by atomic mass is 10.1. The SMILES string of the molecule is CCC(=CC(=O)N(C)Cc1ccc(C(=O)NC2CC2)cc1)CC. The van der Waals surface area contributed by atoms with Crippen molar-refractivity contribution in [2.24, 2.45) is 0 Å². The van der Waals surface area contributed by atoms with E-state index in [1.807, 2.05) is 24.3 Å². The molecular weight excluding hydrogens is 288 g/mol. The number of hydrogen-bond acceptors (Lipinski definition) is 2. The zero-order chi connectivity index (χ0) is 16.8. The van der Waals surface area contributed by atoms with Crippen molar-refractivity contribution in [3.63, 3.8) is 0 Å². The molecule has 0 aliphatic heterocycles. The zero-order valence-corrected chi connectivity index (χ0v) is 14.3. The standard InChI is InChI=1S/C19H26N2O2/c1-4-14(5-2)12-18(22)21(3)13-15-6-8-16(9-7-15)19(23)20-17-10-11-17/h6-9,12,17H,4-5,10-11,13H2,1-3H3,(H,20,23). The third-order valence-corrected chi connectivity index (χ3v) is 4.16. The van der Waals surface area contributed by atoms with Gasteiger partial charge in [0.05, 0.1) is 0 Å². The number of hydrogen-bond donors (Lipinski definition) is 1. The van der Waals surface area contributed by atoms with Gasteiger partial charge in [-0.05, 0) is 43.4 Å². The highest BCUT2D eigenvalue weighted by atomic mass is 16.2. The fraction of sp³-hybridized carbons (Fsp3) is 0.474. The van der Waals surface area contributed by atoms with E-state index >= 15 is 0 Å². The molecule has 124 valence electrons. The second-order valence-electron chi connectivity index (χ2n) is 6.15. The topological polar surface area (TPSA) is 49.4 Å². The van der Waals surface area contributed by atoms with Crippen LogP contribution in [-0.2, 0) is 11.3 Å². The van der Waals surface area contributed by atoms with E-state index in [-0.39, 0.29) is 11.8 Å². The van der Waals surface area contributed by atoms with Crippen molar-refractivity contribution in [3.05, 3.63) is 47.0 Å². The summed E-state index contributed by atoms with van der Waals surface area (Å²) < 4.78 is 0. The summed E-state index contributed by atoms with van der Waals surface area (Å²) in [7, 11) is 1.80. The number of carbonyl (C=O) groups is 2. The van der Waals surface area contributed by atoms with Crippen LogP contribution in [0.5, 0.6) is 0 Å². The monoisotopic (exact) mass is 314 g/mol. The number of allylic oxidation sites excluding steroid dienone is 1. The molecule has 1 aliphatic carbocycles. The fourth-order valence-corrected chi connectivity index (χ4v) is 2.35. The van der Waals surface area contributed by atoms with Crippen LogP contribution in [0, 0.1) is 0 Å². The largest absolute Gasteiger partial charge is 0.349 e. The Bertz CT molecular complexity index is 580. The quantitative estimate of drug-likeness (QED) is 0.785. The van der Waals surface area contributed by atoms with Gasteiger partial charge >= 0.3 is 0 Å². The Labute approximate surface area is 138 Å². The predicted molar refractivity (Wildman–Crippen MR) is 92.1 cm³/mol. The van der Waals surface area contributed by atoms with Crippen molar-refractivity contribution in [2.45, 2.75) is 52.1 Å². The summed E-state index contributed by atoms with van der Waals surface area (Å²) in [4.78, 5) is 25.8. The van der Waals surface area contributed by atoms with E-state index in [9.17, 15) is 9.59 Å². The minimum atomic E-state index is -0.0121. The first-order valence-electron chi connectivity index (χ1n) is 8.37. The van der Waals surface area contributed by atoms with E-state index in [0.717, 1.165) is 36.8 Å². The molecule has 2 rings (SSSR count). The molecule has 0 aromatic heterocycles. The maximum absolute atomic E-state index is 12.2. The predicted octanol–water partition coefficient (Wildman–Crippen LogP) is 3.28. The molecule has 1 saturated carbocycles. The molecule has 0 bridgehead atoms. The number of benzene rings is 1. The van der Waals surface area contributed by atoms with Gasteiger partial charge in [-0.25, -0.2) is 0 Å². The summed E-state index contributed by atoms with van der Waals surface area (Å²) in [5.74, 6) is 0.0150. The minimum Gasteiger partial charge on any atom is -0.349 e. The second-order valence-corrected chi connectivity index (χ2v) is 6.15. The first-order valence-corrected chi connectivity index (χ1v) is 8.37. The summed E-state index contributed by atoms with van der Waals surface area (Å²) in [6.45, 7) is 4.67. The van der Waals surface area contributed by atoms with Gasteiger partial charge in [-0.3, -0.25) is 9.59 Å². The Kier molecular flexibility index (Phi) is 5.97. The van der Waals surface area contributed by atoms with Crippen LogP contribution in [0.1, 0.15) is 55.5 Å². The summed E-state index contributed by atoms with van der Waals surface area (Å²) in [5.41, 5.74) is 2.86. The lowest BCUT2D eigenvalue weighted by molar-refractivity contribution is -0.125. The van der Waals surface area contributed by atoms with Crippen molar-refractivity contribution < 1.29 is 9.59 Å². The van der Waals surface area contributed by atoms with Gasteiger partial charge in [0, 0.05) is 31.3 Å². The number of nitrogens with one attached hydrogen (secondary N) is 1. The molecule has 1 aromatic carbocycles. The van der Waals surface area contributed by atoms with Crippen LogP contribution in [0.4, 0.5) is 0 Å². The van der Waals surface area contributed by atoms with E-state index < -0.39 is 0 Å². The summed E-state index contributed by atoms with van der Waals surface area (Å²) in [6, 6.07) is 7.84. The molecule has 23 heavy (non-hydrogen) atoms. The molecule has 4 heteroatoms. The molecular formula is C19H26N2O2. The Hall–Kier alpha value is -2.10. The van der Waals surface area contributed by atoms with Crippen molar-refractivity contribution >= 4 is 11.8 Å². The normalized spacial score (nSPS) is 13.3. The van der Waals surface area contributed by atoms with Crippen LogP contribution in [0.15, 0.2) is 35.9 Å². The molecule has 0 atom stereocenters. The average Bonchev–Trinajstić information content (AvgIpc) is 3.36. The average molecular weight is 314 g/mol. The number of rotatable bonds is 7. The van der Waals surface area contributed by atoms with E-state index in [4.69, 9.17) is 0 Å². The van der Waals surface area contributed by atoms with Gasteiger partial charge in [-0.1, -0.05) is 31.6 Å². The first kappa shape index (κ1) is 17.3. The molecule has 1 N–H and O–H groups in total. The van der Waals surface area contributed by atoms with E-state index in [1.165, 1.54) is 0 Å². The van der Waals surface area contributed by atoms with E-state index in [1.54, 1.807) is 18.0 Å². The molecule has 2 amide bonds. The van der Waals surface area contributed by atoms with Gasteiger partial charge in [0.1, 0.15) is 0 Å². The Morgan fingerprint density at radius 1 is 1.17 bits per heavy atom. The Balaban J connectivity index is 1.92. The molecule has 0 spiro atoms. The molecule has 4 nitrogen and oxygen atoms in total. The fourth-order valence-electron chi connectivity index (χ4n) is 2.35. The highest BCUT2D eigenvalue weighted by molar-refractivity contribution is 5.94. The number of nitrogens with zero attached hydrogens (tertiary/aromatic N) is 1. The van der Waals surface area contributed by atoms with Crippen molar-refractivity contribution in [3.8, 4) is 0 Å². The lowest BCUT2D eigenvalue weighted by Crippen LogP contribution is -2.26. The molecule has 0 unspecified atom stereocenters. The highest BCUT2D eigenvalue weighted by Crippen LogP contribution is 2.19. The van der Waals surface area contributed by atoms with Gasteiger partial charge in [-0.2, -0.15) is 0 Å². The third-order valence-electron chi connectivity index (χ3n) is 4.16. The molecule has 0 radical (unpaired) electrons. The van der Waals surface area contributed by atoms with E-state index in [2.05, 4.69) is 19.2 Å². The van der Waals surface area contributed by atoms with Crippen LogP contribution in [0.3, 0.4) is 0 Å². The minimum absolute atomic E-state index is 0.0121. The van der Waals surface area contributed by atoms with Crippen LogP contribution in [-0.4, -0.2) is 29.8 Å². The summed E-state index contributed by atoms with van der Waals surface area (Å²) >= 11 is 0. The van der Waals surface area contributed by atoms with Crippen molar-refractivity contribution in [1.82, 2.24) is 10.2 Å². The Morgan fingerprint density at radius 2 is 1.78 bits per heavy atom. The highest BCUT2D eigenvalue weighted by Gasteiger charge is 2.23. The maximum atomic E-state index is 12.2. The second kappa shape index (κ2) is 7.95. The molecule has 1 fully saturated rings. The zero-order valence-electron chi connectivity index (χ0n) is 14.3. The van der Waals surface area contributed by atoms with E-state index in [0.29, 0.717) is 18.2 Å². The lowest BCUT2D eigenvalue weighted by Gasteiger charge is -2.16. The Morgan fingerprint density at radius 3 is 2.30 bits per heavy atom. The summed E-state index contributed by atoms with van der Waals surface area (Å²) in [6.07, 6.45) is 5.71. The molecule has 0 heterocycles. The van der Waals surface area contributed by atoms with Gasteiger partial charge in [-0.15, -0.1) is 0 Å².